The van der Waals surface area contributed by atoms with Crippen molar-refractivity contribution in [3.63, 3.8) is 0 Å². The molecule has 0 saturated carbocycles. The Hall–Kier alpha value is -1.81. The number of aliphatic hydroxyl groups excluding tert-OH is 1. The second-order valence-electron chi connectivity index (χ2n) is 3.25. The Bertz CT molecular complexity index is 412. The highest BCUT2D eigenvalue weighted by Gasteiger charge is 1.99. The van der Waals surface area contributed by atoms with Gasteiger partial charge >= 0.3 is 0 Å². The molecule has 0 atom stereocenters. The minimum absolute atomic E-state index is 0.0478. The Morgan fingerprint density at radius 3 is 2.87 bits per heavy atom. The summed E-state index contributed by atoms with van der Waals surface area (Å²) in [6.45, 7) is 0.725. The van der Waals surface area contributed by atoms with Crippen LogP contribution in [0, 0.1) is 0 Å². The van der Waals surface area contributed by atoms with Crippen LogP contribution in [0.1, 0.15) is 11.3 Å². The lowest BCUT2D eigenvalue weighted by atomic mass is 10.2. The minimum Gasteiger partial charge on any atom is -0.392 e. The third-order valence-corrected chi connectivity index (χ3v) is 2.22. The van der Waals surface area contributed by atoms with E-state index in [2.05, 4.69) is 15.5 Å². The summed E-state index contributed by atoms with van der Waals surface area (Å²) in [5, 5.41) is 19.1. The fourth-order valence-electron chi connectivity index (χ4n) is 1.40. The standard InChI is InChI=1S/C11H13N3O/c15-8-9-3-1-2-4-11(9)12-7-10-5-6-13-14-10/h1-6,12,15H,7-8H2,(H,13,14). The molecular weight excluding hydrogens is 190 g/mol. The van der Waals surface area contributed by atoms with Gasteiger partial charge < -0.3 is 10.4 Å². The number of nitrogens with zero attached hydrogens (tertiary/aromatic N) is 1. The van der Waals surface area contributed by atoms with E-state index in [1.807, 2.05) is 30.3 Å². The van der Waals surface area contributed by atoms with Gasteiger partial charge in [0, 0.05) is 17.4 Å². The van der Waals surface area contributed by atoms with E-state index in [4.69, 9.17) is 5.11 Å². The SMILES string of the molecule is OCc1ccccc1NCc1ccn[nH]1. The summed E-state index contributed by atoms with van der Waals surface area (Å²) in [5.41, 5.74) is 2.87. The molecule has 0 saturated heterocycles. The van der Waals surface area contributed by atoms with Crippen LogP contribution in [0.15, 0.2) is 36.5 Å². The van der Waals surface area contributed by atoms with Crippen LogP contribution in [0.25, 0.3) is 0 Å². The molecule has 0 spiro atoms. The average molecular weight is 203 g/mol. The molecular formula is C11H13N3O. The molecule has 0 aliphatic heterocycles. The molecule has 2 rings (SSSR count). The Kier molecular flexibility index (Phi) is 2.99. The molecule has 1 aromatic heterocycles. The smallest absolute Gasteiger partial charge is 0.0701 e. The molecule has 15 heavy (non-hydrogen) atoms. The summed E-state index contributed by atoms with van der Waals surface area (Å²) in [6.07, 6.45) is 1.72. The predicted octanol–water partition coefficient (Wildman–Crippen LogP) is 1.51. The van der Waals surface area contributed by atoms with Crippen molar-refractivity contribution < 1.29 is 5.11 Å². The van der Waals surface area contributed by atoms with E-state index >= 15 is 0 Å². The summed E-state index contributed by atoms with van der Waals surface area (Å²) >= 11 is 0. The van der Waals surface area contributed by atoms with Crippen LogP contribution in [0.4, 0.5) is 5.69 Å². The molecule has 4 heteroatoms. The number of para-hydroxylation sites is 1. The molecule has 1 heterocycles. The van der Waals surface area contributed by atoms with Crippen LogP contribution < -0.4 is 5.32 Å². The van der Waals surface area contributed by atoms with Gasteiger partial charge in [-0.2, -0.15) is 5.10 Å². The van der Waals surface area contributed by atoms with Gasteiger partial charge in [0.05, 0.1) is 18.8 Å². The number of anilines is 1. The maximum absolute atomic E-state index is 9.12. The fourth-order valence-corrected chi connectivity index (χ4v) is 1.40. The first kappa shape index (κ1) is 9.73. The van der Waals surface area contributed by atoms with Gasteiger partial charge in [0.25, 0.3) is 0 Å². The van der Waals surface area contributed by atoms with Crippen molar-refractivity contribution in [1.82, 2.24) is 10.2 Å². The lowest BCUT2D eigenvalue weighted by Gasteiger charge is -2.08. The molecule has 0 aliphatic carbocycles. The zero-order valence-corrected chi connectivity index (χ0v) is 8.27. The third-order valence-electron chi connectivity index (χ3n) is 2.22. The monoisotopic (exact) mass is 203 g/mol. The highest BCUT2D eigenvalue weighted by atomic mass is 16.3. The van der Waals surface area contributed by atoms with Crippen molar-refractivity contribution >= 4 is 5.69 Å². The van der Waals surface area contributed by atoms with Crippen LogP contribution in [-0.2, 0) is 13.2 Å². The van der Waals surface area contributed by atoms with Crippen LogP contribution >= 0.6 is 0 Å². The van der Waals surface area contributed by atoms with Gasteiger partial charge in [0.15, 0.2) is 0 Å². The number of aromatic amines is 1. The van der Waals surface area contributed by atoms with Crippen LogP contribution in [0.2, 0.25) is 0 Å². The number of benzene rings is 1. The predicted molar refractivity (Wildman–Crippen MR) is 58.3 cm³/mol. The Labute approximate surface area is 88.0 Å². The first-order valence-corrected chi connectivity index (χ1v) is 4.81. The minimum atomic E-state index is 0.0478. The molecule has 0 amide bonds. The largest absolute Gasteiger partial charge is 0.392 e. The van der Waals surface area contributed by atoms with Crippen molar-refractivity contribution in [3.8, 4) is 0 Å². The zero-order valence-electron chi connectivity index (χ0n) is 8.27. The third kappa shape index (κ3) is 2.35. The molecule has 3 N–H and O–H groups in total. The Morgan fingerprint density at radius 1 is 1.27 bits per heavy atom. The van der Waals surface area contributed by atoms with Crippen molar-refractivity contribution in [2.75, 3.05) is 5.32 Å². The van der Waals surface area contributed by atoms with E-state index in [1.54, 1.807) is 6.20 Å². The van der Waals surface area contributed by atoms with Crippen molar-refractivity contribution in [1.29, 1.82) is 0 Å². The second-order valence-corrected chi connectivity index (χ2v) is 3.25. The molecule has 0 fully saturated rings. The Morgan fingerprint density at radius 2 is 2.13 bits per heavy atom. The molecule has 78 valence electrons. The van der Waals surface area contributed by atoms with Crippen molar-refractivity contribution in [3.05, 3.63) is 47.8 Å². The van der Waals surface area contributed by atoms with Gasteiger partial charge in [-0.3, -0.25) is 5.10 Å². The van der Waals surface area contributed by atoms with E-state index < -0.39 is 0 Å². The highest BCUT2D eigenvalue weighted by Crippen LogP contribution is 2.15. The van der Waals surface area contributed by atoms with E-state index in [1.165, 1.54) is 0 Å². The number of H-pyrrole nitrogens is 1. The quantitative estimate of drug-likeness (QED) is 0.706. The summed E-state index contributed by atoms with van der Waals surface area (Å²) in [5.74, 6) is 0. The number of aromatic nitrogens is 2. The number of rotatable bonds is 4. The molecule has 0 bridgehead atoms. The van der Waals surface area contributed by atoms with Gasteiger partial charge in [-0.1, -0.05) is 18.2 Å². The van der Waals surface area contributed by atoms with Gasteiger partial charge in [0.2, 0.25) is 0 Å². The summed E-state index contributed by atoms with van der Waals surface area (Å²) in [4.78, 5) is 0. The van der Waals surface area contributed by atoms with Crippen molar-refractivity contribution in [2.24, 2.45) is 0 Å². The summed E-state index contributed by atoms with van der Waals surface area (Å²) in [6, 6.07) is 9.60. The number of hydrogen-bond donors (Lipinski definition) is 3. The number of aliphatic hydroxyl groups is 1. The van der Waals surface area contributed by atoms with Crippen LogP contribution in [0.3, 0.4) is 0 Å². The van der Waals surface area contributed by atoms with Gasteiger partial charge in [-0.25, -0.2) is 0 Å². The molecule has 0 unspecified atom stereocenters. The van der Waals surface area contributed by atoms with Gasteiger partial charge in [0.1, 0.15) is 0 Å². The summed E-state index contributed by atoms with van der Waals surface area (Å²) in [7, 11) is 0. The molecule has 1 aromatic carbocycles. The number of nitrogens with one attached hydrogen (secondary N) is 2. The van der Waals surface area contributed by atoms with E-state index in [-0.39, 0.29) is 6.61 Å². The van der Waals surface area contributed by atoms with Crippen LogP contribution in [0.5, 0.6) is 0 Å². The molecule has 2 aromatic rings. The Balaban J connectivity index is 2.04. The van der Waals surface area contributed by atoms with E-state index in [0.29, 0.717) is 6.54 Å². The molecule has 4 nitrogen and oxygen atoms in total. The summed E-state index contributed by atoms with van der Waals surface area (Å²) < 4.78 is 0. The van der Waals surface area contributed by atoms with E-state index in [0.717, 1.165) is 16.9 Å². The lowest BCUT2D eigenvalue weighted by Crippen LogP contribution is -2.02. The topological polar surface area (TPSA) is 60.9 Å². The maximum Gasteiger partial charge on any atom is 0.0701 e. The highest BCUT2D eigenvalue weighted by molar-refractivity contribution is 5.50. The average Bonchev–Trinajstić information content (AvgIpc) is 2.79. The van der Waals surface area contributed by atoms with Gasteiger partial charge in [-0.15, -0.1) is 0 Å². The maximum atomic E-state index is 9.12. The van der Waals surface area contributed by atoms with Gasteiger partial charge in [-0.05, 0) is 12.1 Å². The van der Waals surface area contributed by atoms with Crippen LogP contribution in [-0.4, -0.2) is 15.3 Å². The van der Waals surface area contributed by atoms with Crippen molar-refractivity contribution in [2.45, 2.75) is 13.2 Å². The normalized spacial score (nSPS) is 10.2. The van der Waals surface area contributed by atoms with E-state index in [9.17, 15) is 0 Å². The fraction of sp³-hybridized carbons (Fsp3) is 0.182. The first-order valence-electron chi connectivity index (χ1n) is 4.81. The zero-order chi connectivity index (χ0) is 10.5. The number of hydrogen-bond acceptors (Lipinski definition) is 3. The molecule has 0 radical (unpaired) electrons. The first-order chi connectivity index (χ1) is 7.40. The second kappa shape index (κ2) is 4.61. The molecule has 0 aliphatic rings. The lowest BCUT2D eigenvalue weighted by molar-refractivity contribution is 0.282.